The number of carboxylic acid groups (broad SMARTS) is 1. The van der Waals surface area contributed by atoms with Gasteiger partial charge >= 0.3 is 5.97 Å². The van der Waals surface area contributed by atoms with Crippen molar-refractivity contribution in [1.82, 2.24) is 0 Å². The number of benzene rings is 1. The number of halogens is 1. The van der Waals surface area contributed by atoms with Gasteiger partial charge in [0.2, 0.25) is 0 Å². The molecule has 0 heterocycles. The van der Waals surface area contributed by atoms with Crippen molar-refractivity contribution in [1.29, 1.82) is 0 Å². The summed E-state index contributed by atoms with van der Waals surface area (Å²) in [6, 6.07) is 7.33. The highest BCUT2D eigenvalue weighted by molar-refractivity contribution is 6.30. The van der Waals surface area contributed by atoms with Crippen molar-refractivity contribution >= 4 is 17.6 Å². The van der Waals surface area contributed by atoms with E-state index < -0.39 is 12.1 Å². The Hall–Kier alpha value is -1.10. The summed E-state index contributed by atoms with van der Waals surface area (Å²) in [4.78, 5) is 10.8. The van der Waals surface area contributed by atoms with Gasteiger partial charge < -0.3 is 14.6 Å². The topological polar surface area (TPSA) is 55.8 Å². The molecule has 1 atom stereocenters. The van der Waals surface area contributed by atoms with Gasteiger partial charge in [0.15, 0.2) is 6.10 Å². The molecule has 0 saturated carbocycles. The van der Waals surface area contributed by atoms with E-state index in [4.69, 9.17) is 26.2 Å². The van der Waals surface area contributed by atoms with Crippen LogP contribution >= 0.6 is 11.6 Å². The number of ether oxygens (including phenoxy) is 2. The molecular formula is C13H17ClO4. The van der Waals surface area contributed by atoms with Gasteiger partial charge in [-0.2, -0.15) is 0 Å². The standard InChI is InChI=1S/C13H17ClO4/c1-2-18-12(13(15)16)7-8-17-9-10-3-5-11(14)6-4-10/h3-6,12H,2,7-9H2,1H3,(H,15,16). The molecule has 5 heteroatoms. The third-order valence-electron chi connectivity index (χ3n) is 2.35. The fourth-order valence-electron chi connectivity index (χ4n) is 1.44. The van der Waals surface area contributed by atoms with Crippen LogP contribution in [0.1, 0.15) is 18.9 Å². The van der Waals surface area contributed by atoms with Gasteiger partial charge in [-0.25, -0.2) is 4.79 Å². The molecule has 0 fully saturated rings. The summed E-state index contributed by atoms with van der Waals surface area (Å²) in [5.74, 6) is -0.952. The van der Waals surface area contributed by atoms with Crippen LogP contribution in [0.25, 0.3) is 0 Å². The van der Waals surface area contributed by atoms with Crippen LogP contribution in [0.15, 0.2) is 24.3 Å². The Kier molecular flexibility index (Phi) is 6.72. The maximum absolute atomic E-state index is 10.8. The molecular weight excluding hydrogens is 256 g/mol. The quantitative estimate of drug-likeness (QED) is 0.740. The van der Waals surface area contributed by atoms with Crippen LogP contribution in [0.5, 0.6) is 0 Å². The zero-order valence-corrected chi connectivity index (χ0v) is 11.0. The highest BCUT2D eigenvalue weighted by Crippen LogP contribution is 2.10. The van der Waals surface area contributed by atoms with E-state index in [2.05, 4.69) is 0 Å². The highest BCUT2D eigenvalue weighted by Gasteiger charge is 2.16. The Morgan fingerprint density at radius 1 is 1.39 bits per heavy atom. The number of hydrogen-bond donors (Lipinski definition) is 1. The Morgan fingerprint density at radius 2 is 2.06 bits per heavy atom. The summed E-state index contributed by atoms with van der Waals surface area (Å²) in [5, 5.41) is 9.54. The van der Waals surface area contributed by atoms with Gasteiger partial charge in [0.05, 0.1) is 13.2 Å². The molecule has 0 aliphatic carbocycles. The van der Waals surface area contributed by atoms with E-state index in [0.29, 0.717) is 31.3 Å². The van der Waals surface area contributed by atoms with Crippen molar-refractivity contribution in [2.24, 2.45) is 0 Å². The SMILES string of the molecule is CCOC(CCOCc1ccc(Cl)cc1)C(=O)O. The molecule has 0 aliphatic rings. The first-order valence-corrected chi connectivity index (χ1v) is 6.18. The average Bonchev–Trinajstić information content (AvgIpc) is 2.35. The average molecular weight is 273 g/mol. The second kappa shape index (κ2) is 8.08. The van der Waals surface area contributed by atoms with Gasteiger partial charge in [0.25, 0.3) is 0 Å². The zero-order valence-electron chi connectivity index (χ0n) is 10.3. The van der Waals surface area contributed by atoms with Gasteiger partial charge in [0.1, 0.15) is 0 Å². The fourth-order valence-corrected chi connectivity index (χ4v) is 1.57. The van der Waals surface area contributed by atoms with Crippen LogP contribution in [0.2, 0.25) is 5.02 Å². The zero-order chi connectivity index (χ0) is 13.4. The maximum atomic E-state index is 10.8. The van der Waals surface area contributed by atoms with E-state index in [1.165, 1.54) is 0 Å². The lowest BCUT2D eigenvalue weighted by Crippen LogP contribution is -2.25. The molecule has 1 aromatic carbocycles. The van der Waals surface area contributed by atoms with Gasteiger partial charge in [-0.05, 0) is 24.6 Å². The summed E-state index contributed by atoms with van der Waals surface area (Å²) in [6.07, 6.45) is -0.447. The summed E-state index contributed by atoms with van der Waals surface area (Å²) in [5.41, 5.74) is 1.00. The van der Waals surface area contributed by atoms with Crippen LogP contribution in [0, 0.1) is 0 Å². The molecule has 0 bridgehead atoms. The van der Waals surface area contributed by atoms with Crippen molar-refractivity contribution in [2.75, 3.05) is 13.2 Å². The minimum absolute atomic E-state index is 0.344. The van der Waals surface area contributed by atoms with Crippen molar-refractivity contribution in [2.45, 2.75) is 26.1 Å². The van der Waals surface area contributed by atoms with Gasteiger partial charge in [0, 0.05) is 18.1 Å². The number of rotatable bonds is 8. The van der Waals surface area contributed by atoms with Crippen molar-refractivity contribution in [3.8, 4) is 0 Å². The fraction of sp³-hybridized carbons (Fsp3) is 0.462. The Labute approximate surface area is 111 Å². The van der Waals surface area contributed by atoms with E-state index in [1.807, 2.05) is 12.1 Å². The van der Waals surface area contributed by atoms with Gasteiger partial charge in [-0.3, -0.25) is 0 Å². The third kappa shape index (κ3) is 5.49. The predicted octanol–water partition coefficient (Wildman–Crippen LogP) is 2.74. The molecule has 0 aromatic heterocycles. The maximum Gasteiger partial charge on any atom is 0.332 e. The molecule has 4 nitrogen and oxygen atoms in total. The normalized spacial score (nSPS) is 12.3. The smallest absolute Gasteiger partial charge is 0.332 e. The second-order valence-corrected chi connectivity index (χ2v) is 4.19. The van der Waals surface area contributed by atoms with Crippen LogP contribution in [0.4, 0.5) is 0 Å². The van der Waals surface area contributed by atoms with Crippen LogP contribution in [-0.4, -0.2) is 30.4 Å². The van der Waals surface area contributed by atoms with E-state index >= 15 is 0 Å². The molecule has 18 heavy (non-hydrogen) atoms. The number of carbonyl (C=O) groups is 1. The Balaban J connectivity index is 2.25. The number of hydrogen-bond acceptors (Lipinski definition) is 3. The van der Waals surface area contributed by atoms with Crippen molar-refractivity contribution < 1.29 is 19.4 Å². The Bertz CT molecular complexity index is 364. The summed E-state index contributed by atoms with van der Waals surface area (Å²) in [7, 11) is 0. The molecule has 0 aliphatic heterocycles. The molecule has 1 aromatic rings. The second-order valence-electron chi connectivity index (χ2n) is 3.75. The van der Waals surface area contributed by atoms with E-state index in [-0.39, 0.29) is 0 Å². The van der Waals surface area contributed by atoms with Gasteiger partial charge in [-0.15, -0.1) is 0 Å². The van der Waals surface area contributed by atoms with Crippen LogP contribution in [-0.2, 0) is 20.9 Å². The molecule has 0 radical (unpaired) electrons. The van der Waals surface area contributed by atoms with E-state index in [0.717, 1.165) is 5.56 Å². The lowest BCUT2D eigenvalue weighted by atomic mass is 10.2. The van der Waals surface area contributed by atoms with Crippen LogP contribution < -0.4 is 0 Å². The lowest BCUT2D eigenvalue weighted by Gasteiger charge is -2.12. The third-order valence-corrected chi connectivity index (χ3v) is 2.60. The minimum atomic E-state index is -0.952. The monoisotopic (exact) mass is 272 g/mol. The summed E-state index contributed by atoms with van der Waals surface area (Å²) in [6.45, 7) is 2.94. The molecule has 1 N–H and O–H groups in total. The molecule has 0 spiro atoms. The van der Waals surface area contributed by atoms with Crippen LogP contribution in [0.3, 0.4) is 0 Å². The lowest BCUT2D eigenvalue weighted by molar-refractivity contribution is -0.151. The van der Waals surface area contributed by atoms with E-state index in [9.17, 15) is 4.79 Å². The first-order chi connectivity index (χ1) is 8.63. The molecule has 1 unspecified atom stereocenters. The van der Waals surface area contributed by atoms with Gasteiger partial charge in [-0.1, -0.05) is 23.7 Å². The number of carboxylic acids is 1. The molecule has 1 rings (SSSR count). The first kappa shape index (κ1) is 15.0. The Morgan fingerprint density at radius 3 is 2.61 bits per heavy atom. The molecule has 0 saturated heterocycles. The predicted molar refractivity (Wildman–Crippen MR) is 68.8 cm³/mol. The summed E-state index contributed by atoms with van der Waals surface area (Å²) < 4.78 is 10.5. The minimum Gasteiger partial charge on any atom is -0.479 e. The highest BCUT2D eigenvalue weighted by atomic mass is 35.5. The first-order valence-electron chi connectivity index (χ1n) is 5.80. The largest absolute Gasteiger partial charge is 0.479 e. The molecule has 0 amide bonds. The number of aliphatic carboxylic acids is 1. The van der Waals surface area contributed by atoms with Crippen molar-refractivity contribution in [3.63, 3.8) is 0 Å². The van der Waals surface area contributed by atoms with E-state index in [1.54, 1.807) is 19.1 Å². The summed E-state index contributed by atoms with van der Waals surface area (Å²) >= 11 is 5.76. The molecule has 100 valence electrons. The van der Waals surface area contributed by atoms with Crippen molar-refractivity contribution in [3.05, 3.63) is 34.9 Å².